The lowest BCUT2D eigenvalue weighted by Gasteiger charge is -2.20. The second-order valence-corrected chi connectivity index (χ2v) is 6.46. The molecular formula is C18H23NO2. The third kappa shape index (κ3) is 3.61. The van der Waals surface area contributed by atoms with Gasteiger partial charge in [-0.05, 0) is 48.1 Å². The fourth-order valence-electron chi connectivity index (χ4n) is 2.15. The highest BCUT2D eigenvalue weighted by molar-refractivity contribution is 5.41. The Hall–Kier alpha value is -1.87. The predicted octanol–water partition coefficient (Wildman–Crippen LogP) is 4.28. The average Bonchev–Trinajstić information content (AvgIpc) is 2.41. The summed E-state index contributed by atoms with van der Waals surface area (Å²) in [4.78, 5) is 4.27. The van der Waals surface area contributed by atoms with E-state index in [4.69, 9.17) is 9.84 Å². The molecular weight excluding hydrogens is 262 g/mol. The van der Waals surface area contributed by atoms with E-state index in [-0.39, 0.29) is 12.0 Å². The number of aromatic nitrogens is 1. The Morgan fingerprint density at radius 3 is 2.33 bits per heavy atom. The van der Waals surface area contributed by atoms with E-state index in [1.54, 1.807) is 6.20 Å². The third-order valence-corrected chi connectivity index (χ3v) is 3.52. The molecule has 0 saturated carbocycles. The van der Waals surface area contributed by atoms with E-state index in [1.165, 1.54) is 5.56 Å². The smallest absolute Gasteiger partial charge is 0.222 e. The Kier molecular flexibility index (Phi) is 4.33. The first-order chi connectivity index (χ1) is 9.81. The van der Waals surface area contributed by atoms with Crippen molar-refractivity contribution in [1.29, 1.82) is 0 Å². The van der Waals surface area contributed by atoms with Gasteiger partial charge in [-0.3, -0.25) is 0 Å². The van der Waals surface area contributed by atoms with Crippen LogP contribution in [0.25, 0.3) is 0 Å². The molecule has 1 N–H and O–H groups in total. The van der Waals surface area contributed by atoms with Crippen LogP contribution in [0.3, 0.4) is 0 Å². The zero-order valence-corrected chi connectivity index (χ0v) is 13.4. The number of pyridine rings is 1. The minimum Gasteiger partial charge on any atom is -0.438 e. The van der Waals surface area contributed by atoms with Gasteiger partial charge >= 0.3 is 0 Å². The largest absolute Gasteiger partial charge is 0.438 e. The minimum atomic E-state index is -0.00652. The quantitative estimate of drug-likeness (QED) is 0.915. The van der Waals surface area contributed by atoms with Gasteiger partial charge in [0.1, 0.15) is 5.75 Å². The summed E-state index contributed by atoms with van der Waals surface area (Å²) >= 11 is 0. The molecule has 0 spiro atoms. The number of aryl methyl sites for hydroxylation is 2. The normalized spacial score (nSPS) is 11.5. The molecule has 3 nitrogen and oxygen atoms in total. The van der Waals surface area contributed by atoms with Gasteiger partial charge in [0.15, 0.2) is 0 Å². The van der Waals surface area contributed by atoms with Crippen molar-refractivity contribution in [2.24, 2.45) is 0 Å². The topological polar surface area (TPSA) is 42.4 Å². The van der Waals surface area contributed by atoms with Crippen LogP contribution >= 0.6 is 0 Å². The van der Waals surface area contributed by atoms with Crippen LogP contribution in [0.5, 0.6) is 11.6 Å². The van der Waals surface area contributed by atoms with Gasteiger partial charge in [0.2, 0.25) is 5.88 Å². The SMILES string of the molecule is Cc1cc(C(C)(C)C)ccc1Oc1ncc(CO)cc1C. The van der Waals surface area contributed by atoms with E-state index in [0.29, 0.717) is 5.88 Å². The number of hydrogen-bond donors (Lipinski definition) is 1. The first-order valence-corrected chi connectivity index (χ1v) is 7.16. The van der Waals surface area contributed by atoms with E-state index in [1.807, 2.05) is 26.0 Å². The Morgan fingerprint density at radius 2 is 1.81 bits per heavy atom. The van der Waals surface area contributed by atoms with Crippen molar-refractivity contribution in [2.75, 3.05) is 0 Å². The molecule has 0 bridgehead atoms. The second-order valence-electron chi connectivity index (χ2n) is 6.46. The Morgan fingerprint density at radius 1 is 1.10 bits per heavy atom. The molecule has 0 fully saturated rings. The van der Waals surface area contributed by atoms with Gasteiger partial charge in [-0.25, -0.2) is 4.98 Å². The Bertz CT molecular complexity index is 642. The molecule has 0 aliphatic heterocycles. The molecule has 0 saturated heterocycles. The van der Waals surface area contributed by atoms with Crippen molar-refractivity contribution in [2.45, 2.75) is 46.6 Å². The summed E-state index contributed by atoms with van der Waals surface area (Å²) in [5.74, 6) is 1.40. The number of rotatable bonds is 3. The Labute approximate surface area is 126 Å². The summed E-state index contributed by atoms with van der Waals surface area (Å²) < 4.78 is 5.91. The van der Waals surface area contributed by atoms with E-state index in [2.05, 4.69) is 37.9 Å². The van der Waals surface area contributed by atoms with Crippen molar-refractivity contribution in [1.82, 2.24) is 4.98 Å². The number of nitrogens with zero attached hydrogens (tertiary/aromatic N) is 1. The molecule has 0 radical (unpaired) electrons. The molecule has 0 aliphatic rings. The fraction of sp³-hybridized carbons (Fsp3) is 0.389. The van der Waals surface area contributed by atoms with Gasteiger partial charge in [-0.2, -0.15) is 0 Å². The highest BCUT2D eigenvalue weighted by Crippen LogP contribution is 2.30. The van der Waals surface area contributed by atoms with Crippen LogP contribution in [0.4, 0.5) is 0 Å². The van der Waals surface area contributed by atoms with E-state index in [0.717, 1.165) is 22.4 Å². The van der Waals surface area contributed by atoms with Gasteiger partial charge in [0, 0.05) is 11.8 Å². The monoisotopic (exact) mass is 285 g/mol. The molecule has 0 atom stereocenters. The molecule has 2 aromatic rings. The van der Waals surface area contributed by atoms with Crippen LogP contribution in [0.1, 0.15) is 43.0 Å². The molecule has 1 aromatic heterocycles. The van der Waals surface area contributed by atoms with Gasteiger partial charge in [-0.1, -0.05) is 32.9 Å². The highest BCUT2D eigenvalue weighted by atomic mass is 16.5. The molecule has 2 rings (SSSR count). The maximum atomic E-state index is 9.11. The molecule has 112 valence electrons. The summed E-state index contributed by atoms with van der Waals surface area (Å²) in [5, 5.41) is 9.11. The Balaban J connectivity index is 2.28. The summed E-state index contributed by atoms with van der Waals surface area (Å²) in [7, 11) is 0. The summed E-state index contributed by atoms with van der Waals surface area (Å²) in [6.07, 6.45) is 1.64. The highest BCUT2D eigenvalue weighted by Gasteiger charge is 2.15. The fourth-order valence-corrected chi connectivity index (χ4v) is 2.15. The van der Waals surface area contributed by atoms with E-state index < -0.39 is 0 Å². The van der Waals surface area contributed by atoms with Gasteiger partial charge in [0.05, 0.1) is 6.61 Å². The summed E-state index contributed by atoms with van der Waals surface area (Å²) in [6.45, 7) is 10.6. The predicted molar refractivity (Wildman–Crippen MR) is 84.8 cm³/mol. The molecule has 0 amide bonds. The lowest BCUT2D eigenvalue weighted by atomic mass is 9.86. The van der Waals surface area contributed by atoms with Crippen molar-refractivity contribution in [3.63, 3.8) is 0 Å². The molecule has 1 heterocycles. The average molecular weight is 285 g/mol. The van der Waals surface area contributed by atoms with Crippen molar-refractivity contribution in [3.8, 4) is 11.6 Å². The molecule has 3 heteroatoms. The van der Waals surface area contributed by atoms with Gasteiger partial charge in [0.25, 0.3) is 0 Å². The first-order valence-electron chi connectivity index (χ1n) is 7.16. The minimum absolute atomic E-state index is 0.00652. The van der Waals surface area contributed by atoms with Crippen molar-refractivity contribution in [3.05, 3.63) is 52.7 Å². The lowest BCUT2D eigenvalue weighted by molar-refractivity contribution is 0.281. The standard InChI is InChI=1S/C18H23NO2/c1-12-9-15(18(3,4)5)6-7-16(12)21-17-13(2)8-14(11-20)10-19-17/h6-10,20H,11H2,1-5H3. The molecule has 1 aromatic carbocycles. The third-order valence-electron chi connectivity index (χ3n) is 3.52. The first kappa shape index (κ1) is 15.5. The van der Waals surface area contributed by atoms with Gasteiger partial charge in [-0.15, -0.1) is 0 Å². The van der Waals surface area contributed by atoms with Crippen molar-refractivity contribution >= 4 is 0 Å². The molecule has 0 unspecified atom stereocenters. The van der Waals surface area contributed by atoms with E-state index in [9.17, 15) is 0 Å². The molecule has 0 aliphatic carbocycles. The number of hydrogen-bond acceptors (Lipinski definition) is 3. The van der Waals surface area contributed by atoms with Gasteiger partial charge < -0.3 is 9.84 Å². The zero-order valence-electron chi connectivity index (χ0n) is 13.4. The number of ether oxygens (including phenoxy) is 1. The van der Waals surface area contributed by atoms with Crippen LogP contribution in [0.15, 0.2) is 30.5 Å². The number of benzene rings is 1. The molecule has 21 heavy (non-hydrogen) atoms. The zero-order chi connectivity index (χ0) is 15.6. The van der Waals surface area contributed by atoms with Crippen LogP contribution in [0.2, 0.25) is 0 Å². The lowest BCUT2D eigenvalue weighted by Crippen LogP contribution is -2.11. The van der Waals surface area contributed by atoms with Crippen LogP contribution in [-0.4, -0.2) is 10.1 Å². The summed E-state index contributed by atoms with van der Waals surface area (Å²) in [6, 6.07) is 8.14. The maximum Gasteiger partial charge on any atom is 0.222 e. The maximum absolute atomic E-state index is 9.11. The number of aliphatic hydroxyl groups is 1. The van der Waals surface area contributed by atoms with Crippen LogP contribution in [-0.2, 0) is 12.0 Å². The van der Waals surface area contributed by atoms with E-state index >= 15 is 0 Å². The van der Waals surface area contributed by atoms with Crippen LogP contribution in [0, 0.1) is 13.8 Å². The van der Waals surface area contributed by atoms with Crippen LogP contribution < -0.4 is 4.74 Å². The summed E-state index contributed by atoms with van der Waals surface area (Å²) in [5.41, 5.74) is 4.21. The second kappa shape index (κ2) is 5.86. The number of aliphatic hydroxyl groups excluding tert-OH is 1. The van der Waals surface area contributed by atoms with Crippen molar-refractivity contribution < 1.29 is 9.84 Å².